The zero-order valence-electron chi connectivity index (χ0n) is 17.1. The van der Waals surface area contributed by atoms with Crippen LogP contribution in [0.5, 0.6) is 0 Å². The Bertz CT molecular complexity index is 1080. The van der Waals surface area contributed by atoms with E-state index in [1.807, 2.05) is 43.0 Å². The summed E-state index contributed by atoms with van der Waals surface area (Å²) in [6.45, 7) is 5.25. The second-order valence-corrected chi connectivity index (χ2v) is 11.4. The van der Waals surface area contributed by atoms with Crippen LogP contribution >= 0.6 is 23.4 Å². The topological polar surface area (TPSA) is 57.7 Å². The molecule has 2 aliphatic heterocycles. The van der Waals surface area contributed by atoms with Gasteiger partial charge in [0.1, 0.15) is 0 Å². The fourth-order valence-corrected chi connectivity index (χ4v) is 6.70. The fourth-order valence-electron chi connectivity index (χ4n) is 4.01. The number of fused-ring (bicyclic) bond motifs is 1. The van der Waals surface area contributed by atoms with Crippen molar-refractivity contribution >= 4 is 45.0 Å². The molecular weight excluding hydrogens is 440 g/mol. The lowest BCUT2D eigenvalue weighted by atomic mass is 9.96. The number of halogens is 1. The first-order valence-electron chi connectivity index (χ1n) is 10.1. The number of benzene rings is 2. The largest absolute Gasteiger partial charge is 0.310 e. The molecule has 0 atom stereocenters. The van der Waals surface area contributed by atoms with Crippen molar-refractivity contribution in [1.82, 2.24) is 4.31 Å². The normalized spacial score (nSPS) is 18.3. The van der Waals surface area contributed by atoms with Gasteiger partial charge in [0, 0.05) is 41.2 Å². The van der Waals surface area contributed by atoms with E-state index in [9.17, 15) is 13.2 Å². The lowest BCUT2D eigenvalue weighted by Gasteiger charge is -2.35. The number of rotatable bonds is 3. The van der Waals surface area contributed by atoms with Crippen molar-refractivity contribution in [3.8, 4) is 0 Å². The second-order valence-electron chi connectivity index (χ2n) is 7.87. The van der Waals surface area contributed by atoms with Crippen molar-refractivity contribution in [2.45, 2.75) is 36.5 Å². The zero-order valence-corrected chi connectivity index (χ0v) is 19.5. The van der Waals surface area contributed by atoms with Gasteiger partial charge in [0.25, 0.3) is 0 Å². The van der Waals surface area contributed by atoms with Crippen molar-refractivity contribution < 1.29 is 13.2 Å². The van der Waals surface area contributed by atoms with E-state index >= 15 is 0 Å². The van der Waals surface area contributed by atoms with Crippen LogP contribution < -0.4 is 4.90 Å². The summed E-state index contributed by atoms with van der Waals surface area (Å²) in [5, 5.41) is 0.614. The van der Waals surface area contributed by atoms with Gasteiger partial charge in [-0.25, -0.2) is 8.42 Å². The van der Waals surface area contributed by atoms with Gasteiger partial charge in [-0.15, -0.1) is 11.8 Å². The van der Waals surface area contributed by atoms with Crippen LogP contribution in [0.4, 0.5) is 5.69 Å². The number of hydrogen-bond acceptors (Lipinski definition) is 4. The molecule has 1 saturated heterocycles. The van der Waals surface area contributed by atoms with Gasteiger partial charge in [-0.1, -0.05) is 17.7 Å². The number of piperidine rings is 1. The Labute approximate surface area is 187 Å². The number of amides is 1. The van der Waals surface area contributed by atoms with E-state index in [0.717, 1.165) is 27.5 Å². The van der Waals surface area contributed by atoms with Crippen LogP contribution in [0.3, 0.4) is 0 Å². The second kappa shape index (κ2) is 8.54. The summed E-state index contributed by atoms with van der Waals surface area (Å²) in [6, 6.07) is 10.9. The Hall–Kier alpha value is -1.54. The number of sulfonamides is 1. The molecular formula is C22H25ClN2O3S2. The van der Waals surface area contributed by atoms with Crippen LogP contribution in [-0.2, 0) is 14.8 Å². The number of hydrogen-bond donors (Lipinski definition) is 0. The summed E-state index contributed by atoms with van der Waals surface area (Å²) in [7, 11) is -3.54. The van der Waals surface area contributed by atoms with Gasteiger partial charge in [-0.3, -0.25) is 4.79 Å². The number of thioether (sulfide) groups is 1. The molecule has 0 bridgehead atoms. The molecule has 2 heterocycles. The molecule has 30 heavy (non-hydrogen) atoms. The number of carbonyl (C=O) groups excluding carboxylic acids is 1. The predicted molar refractivity (Wildman–Crippen MR) is 122 cm³/mol. The van der Waals surface area contributed by atoms with Gasteiger partial charge in [-0.05, 0) is 68.1 Å². The first-order chi connectivity index (χ1) is 14.3. The van der Waals surface area contributed by atoms with Crippen LogP contribution in [0.15, 0.2) is 46.2 Å². The lowest BCUT2D eigenvalue weighted by Crippen LogP contribution is -2.45. The Morgan fingerprint density at radius 3 is 2.47 bits per heavy atom. The summed E-state index contributed by atoms with van der Waals surface area (Å²) >= 11 is 7.89. The molecule has 0 saturated carbocycles. The number of carbonyl (C=O) groups is 1. The maximum absolute atomic E-state index is 13.2. The van der Waals surface area contributed by atoms with Crippen LogP contribution in [0.2, 0.25) is 5.02 Å². The Balaban J connectivity index is 1.47. The highest BCUT2D eigenvalue weighted by Gasteiger charge is 2.35. The molecule has 0 aromatic heterocycles. The van der Waals surface area contributed by atoms with Crippen molar-refractivity contribution in [2.75, 3.05) is 30.3 Å². The Kier molecular flexibility index (Phi) is 6.17. The van der Waals surface area contributed by atoms with E-state index in [1.165, 1.54) is 4.31 Å². The van der Waals surface area contributed by atoms with Crippen LogP contribution in [-0.4, -0.2) is 44.0 Å². The average molecular weight is 465 g/mol. The number of nitrogens with zero attached hydrogens (tertiary/aromatic N) is 2. The molecule has 4 rings (SSSR count). The Morgan fingerprint density at radius 2 is 1.77 bits per heavy atom. The first-order valence-corrected chi connectivity index (χ1v) is 12.9. The molecule has 1 amide bonds. The smallest absolute Gasteiger partial charge is 0.243 e. The quantitative estimate of drug-likeness (QED) is 0.671. The van der Waals surface area contributed by atoms with Gasteiger partial charge in [0.2, 0.25) is 15.9 Å². The van der Waals surface area contributed by atoms with Crippen molar-refractivity contribution in [3.05, 3.63) is 52.5 Å². The molecule has 5 nitrogen and oxygen atoms in total. The number of anilines is 1. The maximum atomic E-state index is 13.2. The maximum Gasteiger partial charge on any atom is 0.243 e. The first kappa shape index (κ1) is 21.7. The minimum absolute atomic E-state index is 0.0713. The molecule has 0 spiro atoms. The van der Waals surface area contributed by atoms with Crippen molar-refractivity contribution in [3.63, 3.8) is 0 Å². The molecule has 0 radical (unpaired) electrons. The molecule has 2 aliphatic rings. The third-order valence-corrected chi connectivity index (χ3v) is 9.14. The summed E-state index contributed by atoms with van der Waals surface area (Å²) in [5.74, 6) is 0.744. The van der Waals surface area contributed by atoms with Crippen LogP contribution in [0.25, 0.3) is 0 Å². The van der Waals surface area contributed by atoms with Gasteiger partial charge in [0.05, 0.1) is 10.6 Å². The van der Waals surface area contributed by atoms with Gasteiger partial charge < -0.3 is 4.90 Å². The molecule has 160 valence electrons. The highest BCUT2D eigenvalue weighted by atomic mass is 35.5. The minimum Gasteiger partial charge on any atom is -0.310 e. The Morgan fingerprint density at radius 1 is 1.03 bits per heavy atom. The van der Waals surface area contributed by atoms with E-state index < -0.39 is 10.0 Å². The van der Waals surface area contributed by atoms with Crippen molar-refractivity contribution in [1.29, 1.82) is 0 Å². The number of aryl methyl sites for hydroxylation is 2. The standard InChI is InChI=1S/C22H25ClN2O3S2/c1-15-3-5-19(13-16(15)2)30(27,28)24-9-7-17(8-10-24)22(26)25-11-12-29-21-6-4-18(23)14-20(21)25/h3-6,13-14,17H,7-12H2,1-2H3. The zero-order chi connectivity index (χ0) is 21.5. The van der Waals surface area contributed by atoms with Crippen LogP contribution in [0, 0.1) is 19.8 Å². The fraction of sp³-hybridized carbons (Fsp3) is 0.409. The average Bonchev–Trinajstić information content (AvgIpc) is 2.74. The van der Waals surface area contributed by atoms with Gasteiger partial charge in [0.15, 0.2) is 0 Å². The summed E-state index contributed by atoms with van der Waals surface area (Å²) < 4.78 is 27.6. The molecule has 2 aromatic rings. The SMILES string of the molecule is Cc1ccc(S(=O)(=O)N2CCC(C(=O)N3CCSc4ccc(Cl)cc43)CC2)cc1C. The van der Waals surface area contributed by atoms with Crippen LogP contribution in [0.1, 0.15) is 24.0 Å². The lowest BCUT2D eigenvalue weighted by molar-refractivity contribution is -0.123. The van der Waals surface area contributed by atoms with E-state index in [4.69, 9.17) is 11.6 Å². The highest BCUT2D eigenvalue weighted by molar-refractivity contribution is 7.99. The molecule has 8 heteroatoms. The molecule has 2 aromatic carbocycles. The van der Waals surface area contributed by atoms with E-state index in [2.05, 4.69) is 0 Å². The van der Waals surface area contributed by atoms with E-state index in [0.29, 0.717) is 42.4 Å². The van der Waals surface area contributed by atoms with Gasteiger partial charge >= 0.3 is 0 Å². The third kappa shape index (κ3) is 4.13. The van der Waals surface area contributed by atoms with E-state index in [1.54, 1.807) is 23.9 Å². The summed E-state index contributed by atoms with van der Waals surface area (Å²) in [4.78, 5) is 16.5. The molecule has 1 fully saturated rings. The molecule has 0 unspecified atom stereocenters. The van der Waals surface area contributed by atoms with E-state index in [-0.39, 0.29) is 11.8 Å². The molecule has 0 N–H and O–H groups in total. The predicted octanol–water partition coefficient (Wildman–Crippen LogP) is 4.50. The monoisotopic (exact) mass is 464 g/mol. The molecule has 0 aliphatic carbocycles. The highest BCUT2D eigenvalue weighted by Crippen LogP contribution is 2.38. The van der Waals surface area contributed by atoms with Gasteiger partial charge in [-0.2, -0.15) is 4.31 Å². The summed E-state index contributed by atoms with van der Waals surface area (Å²) in [6.07, 6.45) is 1.06. The minimum atomic E-state index is -3.54. The van der Waals surface area contributed by atoms with Crippen molar-refractivity contribution in [2.24, 2.45) is 5.92 Å². The summed E-state index contributed by atoms with van der Waals surface area (Å²) in [5.41, 5.74) is 2.90. The third-order valence-electron chi connectivity index (χ3n) is 5.97.